The third kappa shape index (κ3) is 4.98. The maximum absolute atomic E-state index is 12.0. The standard InChI is InChI=1S/C21H20N6O2S2/c1-3-29-26-20(28)17-12-30-18(23-17)13-31-21-25-24-19(15-5-4-10-22-11-15)27(21)16-8-6-14(2)7-9-16/h4-12H,3,13H2,1-2H3,(H,26,28). The zero-order valence-corrected chi connectivity index (χ0v) is 18.6. The van der Waals surface area contributed by atoms with Crippen LogP contribution in [-0.4, -0.2) is 37.2 Å². The molecule has 0 radical (unpaired) electrons. The molecule has 158 valence electrons. The maximum Gasteiger partial charge on any atom is 0.294 e. The number of thioether (sulfide) groups is 1. The van der Waals surface area contributed by atoms with E-state index >= 15 is 0 Å². The molecule has 3 heterocycles. The van der Waals surface area contributed by atoms with Gasteiger partial charge in [0.2, 0.25) is 0 Å². The zero-order chi connectivity index (χ0) is 21.6. The number of benzene rings is 1. The third-order valence-electron chi connectivity index (χ3n) is 4.26. The molecule has 8 nitrogen and oxygen atoms in total. The predicted octanol–water partition coefficient (Wildman–Crippen LogP) is 4.07. The molecule has 0 aliphatic rings. The summed E-state index contributed by atoms with van der Waals surface area (Å²) in [6.45, 7) is 4.25. The number of nitrogens with zero attached hydrogens (tertiary/aromatic N) is 5. The van der Waals surface area contributed by atoms with Crippen molar-refractivity contribution in [3.05, 3.63) is 70.4 Å². The summed E-state index contributed by atoms with van der Waals surface area (Å²) in [4.78, 5) is 25.5. The quantitative estimate of drug-likeness (QED) is 0.318. The first-order chi connectivity index (χ1) is 15.2. The van der Waals surface area contributed by atoms with Crippen molar-refractivity contribution in [3.8, 4) is 17.1 Å². The molecule has 0 fully saturated rings. The van der Waals surface area contributed by atoms with Gasteiger partial charge in [0.05, 0.1) is 12.4 Å². The van der Waals surface area contributed by atoms with Crippen LogP contribution in [0.15, 0.2) is 59.3 Å². The highest BCUT2D eigenvalue weighted by atomic mass is 32.2. The molecule has 0 aliphatic heterocycles. The van der Waals surface area contributed by atoms with Gasteiger partial charge < -0.3 is 0 Å². The van der Waals surface area contributed by atoms with E-state index in [1.54, 1.807) is 24.7 Å². The van der Waals surface area contributed by atoms with E-state index in [2.05, 4.69) is 44.7 Å². The number of carbonyl (C=O) groups excluding carboxylic acids is 1. The highest BCUT2D eigenvalue weighted by molar-refractivity contribution is 7.98. The van der Waals surface area contributed by atoms with Gasteiger partial charge >= 0.3 is 0 Å². The average Bonchev–Trinajstić information content (AvgIpc) is 3.44. The van der Waals surface area contributed by atoms with Crippen molar-refractivity contribution in [2.75, 3.05) is 6.61 Å². The van der Waals surface area contributed by atoms with Crippen molar-refractivity contribution in [2.45, 2.75) is 24.8 Å². The number of thiazole rings is 1. The molecule has 1 N–H and O–H groups in total. The highest BCUT2D eigenvalue weighted by Crippen LogP contribution is 2.30. The monoisotopic (exact) mass is 452 g/mol. The van der Waals surface area contributed by atoms with Crippen LogP contribution in [0.5, 0.6) is 0 Å². The number of pyridine rings is 1. The van der Waals surface area contributed by atoms with Crippen LogP contribution in [-0.2, 0) is 10.6 Å². The van der Waals surface area contributed by atoms with E-state index < -0.39 is 0 Å². The van der Waals surface area contributed by atoms with Gasteiger partial charge in [0.25, 0.3) is 5.91 Å². The van der Waals surface area contributed by atoms with Crippen LogP contribution in [0.25, 0.3) is 17.1 Å². The number of hydroxylamine groups is 1. The fraction of sp³-hybridized carbons (Fsp3) is 0.190. The Kier molecular flexibility index (Phi) is 6.70. The van der Waals surface area contributed by atoms with Crippen molar-refractivity contribution >= 4 is 29.0 Å². The molecule has 1 aromatic carbocycles. The smallest absolute Gasteiger partial charge is 0.274 e. The predicted molar refractivity (Wildman–Crippen MR) is 120 cm³/mol. The summed E-state index contributed by atoms with van der Waals surface area (Å²) in [5, 5.41) is 12.1. The van der Waals surface area contributed by atoms with Crippen LogP contribution >= 0.6 is 23.1 Å². The number of hydrogen-bond donors (Lipinski definition) is 1. The number of hydrogen-bond acceptors (Lipinski definition) is 8. The molecule has 0 spiro atoms. The summed E-state index contributed by atoms with van der Waals surface area (Å²) in [6, 6.07) is 12.0. The van der Waals surface area contributed by atoms with E-state index in [4.69, 9.17) is 4.84 Å². The lowest BCUT2D eigenvalue weighted by atomic mass is 10.2. The van der Waals surface area contributed by atoms with Crippen LogP contribution < -0.4 is 5.48 Å². The molecular formula is C21H20N6O2S2. The Bertz CT molecular complexity index is 1160. The summed E-state index contributed by atoms with van der Waals surface area (Å²) in [7, 11) is 0. The topological polar surface area (TPSA) is 94.8 Å². The van der Waals surface area contributed by atoms with Crippen molar-refractivity contribution in [3.63, 3.8) is 0 Å². The van der Waals surface area contributed by atoms with E-state index in [1.165, 1.54) is 28.7 Å². The molecule has 1 amide bonds. The van der Waals surface area contributed by atoms with E-state index in [0.29, 0.717) is 18.1 Å². The summed E-state index contributed by atoms with van der Waals surface area (Å²) in [6.07, 6.45) is 3.50. The summed E-state index contributed by atoms with van der Waals surface area (Å²) >= 11 is 2.93. The van der Waals surface area contributed by atoms with Gasteiger partial charge in [0.15, 0.2) is 11.0 Å². The van der Waals surface area contributed by atoms with Gasteiger partial charge in [0, 0.05) is 29.0 Å². The first-order valence-electron chi connectivity index (χ1n) is 9.58. The van der Waals surface area contributed by atoms with E-state index in [-0.39, 0.29) is 5.91 Å². The normalized spacial score (nSPS) is 10.9. The Hall–Kier alpha value is -3.08. The van der Waals surface area contributed by atoms with Crippen LogP contribution in [0.2, 0.25) is 0 Å². The fourth-order valence-electron chi connectivity index (χ4n) is 2.77. The SMILES string of the molecule is CCONC(=O)c1csc(CSc2nnc(-c3cccnc3)n2-c2ccc(C)cc2)n1. The van der Waals surface area contributed by atoms with Gasteiger partial charge in [-0.25, -0.2) is 10.5 Å². The van der Waals surface area contributed by atoms with Gasteiger partial charge in [0.1, 0.15) is 10.7 Å². The van der Waals surface area contributed by atoms with Gasteiger partial charge in [-0.3, -0.25) is 19.2 Å². The Morgan fingerprint density at radius 1 is 1.23 bits per heavy atom. The zero-order valence-electron chi connectivity index (χ0n) is 17.0. The Balaban J connectivity index is 1.59. The van der Waals surface area contributed by atoms with E-state index in [9.17, 15) is 4.79 Å². The molecule has 0 unspecified atom stereocenters. The summed E-state index contributed by atoms with van der Waals surface area (Å²) in [5.41, 5.74) is 5.72. The number of nitrogens with one attached hydrogen (secondary N) is 1. The minimum absolute atomic E-state index is 0.338. The molecule has 0 saturated heterocycles. The summed E-state index contributed by atoms with van der Waals surface area (Å²) in [5.74, 6) is 0.926. The van der Waals surface area contributed by atoms with Crippen LogP contribution in [0.1, 0.15) is 28.0 Å². The van der Waals surface area contributed by atoms with Crippen LogP contribution in [0.3, 0.4) is 0 Å². The van der Waals surface area contributed by atoms with Crippen molar-refractivity contribution < 1.29 is 9.63 Å². The lowest BCUT2D eigenvalue weighted by Gasteiger charge is -2.10. The number of rotatable bonds is 8. The van der Waals surface area contributed by atoms with Crippen LogP contribution in [0.4, 0.5) is 0 Å². The van der Waals surface area contributed by atoms with Crippen molar-refractivity contribution in [2.24, 2.45) is 0 Å². The molecule has 4 rings (SSSR count). The average molecular weight is 453 g/mol. The summed E-state index contributed by atoms with van der Waals surface area (Å²) < 4.78 is 2.01. The Labute approximate surface area is 187 Å². The highest BCUT2D eigenvalue weighted by Gasteiger charge is 2.18. The first-order valence-corrected chi connectivity index (χ1v) is 11.4. The lowest BCUT2D eigenvalue weighted by Crippen LogP contribution is -2.23. The number of carbonyl (C=O) groups is 1. The molecule has 0 atom stereocenters. The van der Waals surface area contributed by atoms with E-state index in [1.807, 2.05) is 28.8 Å². The number of aryl methyl sites for hydroxylation is 1. The lowest BCUT2D eigenvalue weighted by molar-refractivity contribution is 0.0360. The van der Waals surface area contributed by atoms with Gasteiger partial charge in [-0.05, 0) is 38.1 Å². The molecule has 10 heteroatoms. The largest absolute Gasteiger partial charge is 0.294 e. The molecule has 31 heavy (non-hydrogen) atoms. The molecule has 3 aromatic heterocycles. The minimum Gasteiger partial charge on any atom is -0.274 e. The van der Waals surface area contributed by atoms with Crippen molar-refractivity contribution in [1.29, 1.82) is 0 Å². The van der Waals surface area contributed by atoms with Crippen molar-refractivity contribution in [1.82, 2.24) is 30.2 Å². The molecule has 0 aliphatic carbocycles. The number of aromatic nitrogens is 5. The first kappa shape index (κ1) is 21.2. The van der Waals surface area contributed by atoms with Crippen LogP contribution in [0, 0.1) is 6.92 Å². The van der Waals surface area contributed by atoms with E-state index in [0.717, 1.165) is 27.2 Å². The maximum atomic E-state index is 12.0. The molecule has 0 saturated carbocycles. The second-order valence-electron chi connectivity index (χ2n) is 6.50. The van der Waals surface area contributed by atoms with Gasteiger partial charge in [-0.15, -0.1) is 21.5 Å². The number of amides is 1. The molecule has 0 bridgehead atoms. The Morgan fingerprint density at radius 3 is 2.81 bits per heavy atom. The third-order valence-corrected chi connectivity index (χ3v) is 6.24. The fourth-order valence-corrected chi connectivity index (χ4v) is 4.51. The Morgan fingerprint density at radius 2 is 2.06 bits per heavy atom. The van der Waals surface area contributed by atoms with Gasteiger partial charge in [-0.1, -0.05) is 29.5 Å². The minimum atomic E-state index is -0.351. The molecule has 4 aromatic rings. The molecular weight excluding hydrogens is 432 g/mol. The van der Waals surface area contributed by atoms with Gasteiger partial charge in [-0.2, -0.15) is 0 Å². The second kappa shape index (κ2) is 9.82. The second-order valence-corrected chi connectivity index (χ2v) is 8.38.